The molecule has 7 heteroatoms. The summed E-state index contributed by atoms with van der Waals surface area (Å²) in [6, 6.07) is 14.9. The second-order valence-electron chi connectivity index (χ2n) is 8.45. The molecule has 0 spiro atoms. The van der Waals surface area contributed by atoms with E-state index in [1.165, 1.54) is 29.1 Å². The highest BCUT2D eigenvalue weighted by molar-refractivity contribution is 7.92. The van der Waals surface area contributed by atoms with Crippen LogP contribution in [0.1, 0.15) is 55.6 Å². The second-order valence-corrected chi connectivity index (χ2v) is 10.4. The first-order valence-corrected chi connectivity index (χ1v) is 12.8. The number of anilines is 2. The van der Waals surface area contributed by atoms with Gasteiger partial charge in [-0.1, -0.05) is 19.1 Å². The Bertz CT molecular complexity index is 988. The molecule has 0 radical (unpaired) electrons. The number of nitrogens with zero attached hydrogens (tertiary/aromatic N) is 2. The Morgan fingerprint density at radius 2 is 1.81 bits per heavy atom. The first-order chi connectivity index (χ1) is 14.7. The van der Waals surface area contributed by atoms with Gasteiger partial charge in [0.1, 0.15) is 0 Å². The van der Waals surface area contributed by atoms with Crippen molar-refractivity contribution < 1.29 is 13.2 Å². The lowest BCUT2D eigenvalue weighted by atomic mass is 9.99. The van der Waals surface area contributed by atoms with Crippen LogP contribution < -0.4 is 14.5 Å². The standard InChI is InChI=1S/C24H33N3O3S/c1-5-27(31(4,29)30)23-14-10-21(11-15-23)24(28)25-19(3)20-8-12-22(13-9-20)26-16-6-7-18(2)17-26/h8-15,18-19H,5-7,16-17H2,1-4H3,(H,25,28)/t18-,19+/m1/s1. The van der Waals surface area contributed by atoms with Crippen molar-refractivity contribution in [2.24, 2.45) is 5.92 Å². The molecule has 1 saturated heterocycles. The van der Waals surface area contributed by atoms with E-state index in [2.05, 4.69) is 41.4 Å². The predicted molar refractivity (Wildman–Crippen MR) is 127 cm³/mol. The molecule has 1 amide bonds. The van der Waals surface area contributed by atoms with E-state index in [1.807, 2.05) is 6.92 Å². The molecule has 1 aliphatic heterocycles. The zero-order valence-electron chi connectivity index (χ0n) is 18.8. The van der Waals surface area contributed by atoms with Crippen LogP contribution in [-0.2, 0) is 10.0 Å². The van der Waals surface area contributed by atoms with Crippen molar-refractivity contribution in [3.05, 3.63) is 59.7 Å². The Balaban J connectivity index is 1.63. The van der Waals surface area contributed by atoms with E-state index >= 15 is 0 Å². The van der Waals surface area contributed by atoms with Crippen molar-refractivity contribution in [3.63, 3.8) is 0 Å². The Labute approximate surface area is 186 Å². The van der Waals surface area contributed by atoms with E-state index < -0.39 is 10.0 Å². The molecule has 1 aliphatic rings. The maximum Gasteiger partial charge on any atom is 0.251 e. The maximum atomic E-state index is 12.7. The van der Waals surface area contributed by atoms with E-state index in [0.717, 1.165) is 24.6 Å². The van der Waals surface area contributed by atoms with Crippen LogP contribution in [0.5, 0.6) is 0 Å². The number of benzene rings is 2. The van der Waals surface area contributed by atoms with Gasteiger partial charge < -0.3 is 10.2 Å². The first-order valence-electron chi connectivity index (χ1n) is 10.9. The molecule has 2 aromatic rings. The molecule has 31 heavy (non-hydrogen) atoms. The van der Waals surface area contributed by atoms with E-state index in [4.69, 9.17) is 0 Å². The monoisotopic (exact) mass is 443 g/mol. The van der Waals surface area contributed by atoms with Gasteiger partial charge in [-0.15, -0.1) is 0 Å². The Kier molecular flexibility index (Phi) is 7.26. The third-order valence-corrected chi connectivity index (χ3v) is 7.14. The van der Waals surface area contributed by atoms with Gasteiger partial charge in [-0.05, 0) is 74.6 Å². The van der Waals surface area contributed by atoms with E-state index in [9.17, 15) is 13.2 Å². The van der Waals surface area contributed by atoms with Crippen LogP contribution >= 0.6 is 0 Å². The quantitative estimate of drug-likeness (QED) is 0.696. The fourth-order valence-electron chi connectivity index (χ4n) is 4.15. The number of piperidine rings is 1. The largest absolute Gasteiger partial charge is 0.371 e. The van der Waals surface area contributed by atoms with E-state index in [1.54, 1.807) is 31.2 Å². The number of carbonyl (C=O) groups excluding carboxylic acids is 1. The summed E-state index contributed by atoms with van der Waals surface area (Å²) in [6.45, 7) is 8.57. The summed E-state index contributed by atoms with van der Waals surface area (Å²) in [5.74, 6) is 0.537. The molecule has 1 heterocycles. The van der Waals surface area contributed by atoms with Gasteiger partial charge >= 0.3 is 0 Å². The first kappa shape index (κ1) is 23.1. The number of carbonyl (C=O) groups is 1. The summed E-state index contributed by atoms with van der Waals surface area (Å²) in [4.78, 5) is 15.1. The fraction of sp³-hybridized carbons (Fsp3) is 0.458. The Morgan fingerprint density at radius 3 is 2.35 bits per heavy atom. The molecule has 168 valence electrons. The number of sulfonamides is 1. The van der Waals surface area contributed by atoms with Gasteiger partial charge in [0.15, 0.2) is 0 Å². The number of hydrogen-bond donors (Lipinski definition) is 1. The lowest BCUT2D eigenvalue weighted by Crippen LogP contribution is -2.34. The summed E-state index contributed by atoms with van der Waals surface area (Å²) >= 11 is 0. The lowest BCUT2D eigenvalue weighted by molar-refractivity contribution is 0.0940. The van der Waals surface area contributed by atoms with Gasteiger partial charge in [0.25, 0.3) is 5.91 Å². The topological polar surface area (TPSA) is 69.7 Å². The van der Waals surface area contributed by atoms with Crippen LogP contribution in [-0.4, -0.2) is 40.2 Å². The van der Waals surface area contributed by atoms with Crippen molar-refractivity contribution >= 4 is 27.3 Å². The van der Waals surface area contributed by atoms with E-state index in [0.29, 0.717) is 17.8 Å². The molecule has 0 saturated carbocycles. The maximum absolute atomic E-state index is 12.7. The minimum absolute atomic E-state index is 0.135. The number of amides is 1. The molecule has 0 aromatic heterocycles. The van der Waals surface area contributed by atoms with Crippen molar-refractivity contribution in [2.45, 2.75) is 39.7 Å². The van der Waals surface area contributed by atoms with Crippen LogP contribution in [0.3, 0.4) is 0 Å². The van der Waals surface area contributed by atoms with Gasteiger partial charge in [-0.25, -0.2) is 8.42 Å². The fourth-order valence-corrected chi connectivity index (χ4v) is 5.12. The zero-order valence-corrected chi connectivity index (χ0v) is 19.7. The van der Waals surface area contributed by atoms with Gasteiger partial charge in [0, 0.05) is 30.9 Å². The van der Waals surface area contributed by atoms with Crippen molar-refractivity contribution in [2.75, 3.05) is 35.1 Å². The predicted octanol–water partition coefficient (Wildman–Crippen LogP) is 4.20. The lowest BCUT2D eigenvalue weighted by Gasteiger charge is -2.33. The molecular weight excluding hydrogens is 410 g/mol. The molecular formula is C24H33N3O3S. The Morgan fingerprint density at radius 1 is 1.16 bits per heavy atom. The van der Waals surface area contributed by atoms with Crippen molar-refractivity contribution in [3.8, 4) is 0 Å². The third-order valence-electron chi connectivity index (χ3n) is 5.87. The molecule has 2 aromatic carbocycles. The molecule has 6 nitrogen and oxygen atoms in total. The highest BCUT2D eigenvalue weighted by Crippen LogP contribution is 2.25. The summed E-state index contributed by atoms with van der Waals surface area (Å²) < 4.78 is 25.0. The zero-order chi connectivity index (χ0) is 22.6. The van der Waals surface area contributed by atoms with Gasteiger partial charge in [-0.2, -0.15) is 0 Å². The SMILES string of the molecule is CCN(c1ccc(C(=O)N[C@@H](C)c2ccc(N3CCC[C@@H](C)C3)cc2)cc1)S(C)(=O)=O. The van der Waals surface area contributed by atoms with Gasteiger partial charge in [0.2, 0.25) is 10.0 Å². The summed E-state index contributed by atoms with van der Waals surface area (Å²) in [6.07, 6.45) is 3.70. The van der Waals surface area contributed by atoms with E-state index in [-0.39, 0.29) is 11.9 Å². The van der Waals surface area contributed by atoms with Crippen LogP contribution in [0.2, 0.25) is 0 Å². The minimum atomic E-state index is -3.34. The normalized spacial score (nSPS) is 17.8. The smallest absolute Gasteiger partial charge is 0.251 e. The van der Waals surface area contributed by atoms with Crippen LogP contribution in [0.4, 0.5) is 11.4 Å². The summed E-state index contributed by atoms with van der Waals surface area (Å²) in [7, 11) is -3.34. The molecule has 1 fully saturated rings. The third kappa shape index (κ3) is 5.79. The van der Waals surface area contributed by atoms with Crippen LogP contribution in [0, 0.1) is 5.92 Å². The van der Waals surface area contributed by atoms with Crippen molar-refractivity contribution in [1.29, 1.82) is 0 Å². The minimum Gasteiger partial charge on any atom is -0.371 e. The van der Waals surface area contributed by atoms with Gasteiger partial charge in [-0.3, -0.25) is 9.10 Å². The highest BCUT2D eigenvalue weighted by Gasteiger charge is 2.18. The second kappa shape index (κ2) is 9.73. The highest BCUT2D eigenvalue weighted by atomic mass is 32.2. The number of nitrogens with one attached hydrogen (secondary N) is 1. The molecule has 1 N–H and O–H groups in total. The average molecular weight is 444 g/mol. The summed E-state index contributed by atoms with van der Waals surface area (Å²) in [5.41, 5.74) is 3.33. The molecule has 0 aliphatic carbocycles. The van der Waals surface area contributed by atoms with Crippen LogP contribution in [0.15, 0.2) is 48.5 Å². The molecule has 3 rings (SSSR count). The Hall–Kier alpha value is -2.54. The molecule has 0 bridgehead atoms. The van der Waals surface area contributed by atoms with Gasteiger partial charge in [0.05, 0.1) is 18.0 Å². The molecule has 0 unspecified atom stereocenters. The average Bonchev–Trinajstić information content (AvgIpc) is 2.74. The van der Waals surface area contributed by atoms with Crippen molar-refractivity contribution in [1.82, 2.24) is 5.32 Å². The number of hydrogen-bond acceptors (Lipinski definition) is 4. The summed E-state index contributed by atoms with van der Waals surface area (Å²) in [5, 5.41) is 3.03. The van der Waals surface area contributed by atoms with Crippen LogP contribution in [0.25, 0.3) is 0 Å². The molecule has 2 atom stereocenters. The number of rotatable bonds is 7.